The summed E-state index contributed by atoms with van der Waals surface area (Å²) < 4.78 is 4.09. The SMILES string of the molecule is CCOC(=O)N(O)O.[KH]. The molecule has 50 valence electrons. The van der Waals surface area contributed by atoms with Crippen molar-refractivity contribution in [1.29, 1.82) is 0 Å². The molecule has 0 spiro atoms. The van der Waals surface area contributed by atoms with Crippen molar-refractivity contribution in [3.05, 3.63) is 0 Å². The third-order valence-electron chi connectivity index (χ3n) is 0.431. The number of ether oxygens (including phenoxy) is 1. The van der Waals surface area contributed by atoms with E-state index in [1.807, 2.05) is 0 Å². The Balaban J connectivity index is 0. The van der Waals surface area contributed by atoms with Crippen molar-refractivity contribution in [2.45, 2.75) is 6.92 Å². The molecule has 0 aliphatic rings. The van der Waals surface area contributed by atoms with E-state index in [2.05, 4.69) is 4.74 Å². The van der Waals surface area contributed by atoms with Crippen LogP contribution in [0.15, 0.2) is 0 Å². The molecule has 9 heavy (non-hydrogen) atoms. The Morgan fingerprint density at radius 2 is 2.11 bits per heavy atom. The van der Waals surface area contributed by atoms with Crippen molar-refractivity contribution in [2.75, 3.05) is 6.61 Å². The topological polar surface area (TPSA) is 70.0 Å². The zero-order chi connectivity index (χ0) is 6.57. The van der Waals surface area contributed by atoms with Crippen LogP contribution in [0.1, 0.15) is 6.92 Å². The molecule has 0 aliphatic heterocycles. The summed E-state index contributed by atoms with van der Waals surface area (Å²) in [5.41, 5.74) is 0. The van der Waals surface area contributed by atoms with Gasteiger partial charge in [0.25, 0.3) is 0 Å². The molecule has 0 atom stereocenters. The van der Waals surface area contributed by atoms with Gasteiger partial charge < -0.3 is 4.74 Å². The van der Waals surface area contributed by atoms with Crippen LogP contribution in [0, 0.1) is 0 Å². The summed E-state index contributed by atoms with van der Waals surface area (Å²) in [5, 5.41) is 15.1. The van der Waals surface area contributed by atoms with Crippen molar-refractivity contribution in [3.63, 3.8) is 0 Å². The van der Waals surface area contributed by atoms with E-state index in [-0.39, 0.29) is 58.0 Å². The summed E-state index contributed by atoms with van der Waals surface area (Å²) in [6.07, 6.45) is -1.17. The minimum atomic E-state index is -1.17. The Labute approximate surface area is 94.9 Å². The fourth-order valence-electron chi connectivity index (χ4n) is 0.181. The zero-order valence-corrected chi connectivity index (χ0v) is 4.37. The van der Waals surface area contributed by atoms with Gasteiger partial charge in [-0.3, -0.25) is 10.4 Å². The fourth-order valence-corrected chi connectivity index (χ4v) is 0.181. The first-order valence-corrected chi connectivity index (χ1v) is 2.03. The molecule has 6 heteroatoms. The van der Waals surface area contributed by atoms with Crippen LogP contribution in [-0.2, 0) is 4.74 Å². The molecule has 0 saturated heterocycles. The summed E-state index contributed by atoms with van der Waals surface area (Å²) >= 11 is 0. The molecule has 0 rings (SSSR count). The van der Waals surface area contributed by atoms with Crippen LogP contribution in [0.3, 0.4) is 0 Å². The average Bonchev–Trinajstić information content (AvgIpc) is 1.67. The standard InChI is InChI=1S/C3H7NO4.K.H/c1-2-8-3(5)4(6)7;;/h6-7H,2H2,1H3;;. The number of rotatable bonds is 1. The molecule has 0 heterocycles. The summed E-state index contributed by atoms with van der Waals surface area (Å²) in [4.78, 5) is 9.95. The summed E-state index contributed by atoms with van der Waals surface area (Å²) in [7, 11) is 0. The predicted molar refractivity (Wildman–Crippen MR) is 29.6 cm³/mol. The zero-order valence-electron chi connectivity index (χ0n) is 4.37. The van der Waals surface area contributed by atoms with Gasteiger partial charge in [0.05, 0.1) is 6.61 Å². The summed E-state index contributed by atoms with van der Waals surface area (Å²) in [5.74, 6) is 0. The Hall–Kier alpha value is 0.826. The molecule has 0 aliphatic carbocycles. The third kappa shape index (κ3) is 6.71. The fraction of sp³-hybridized carbons (Fsp3) is 0.667. The molecule has 0 fully saturated rings. The van der Waals surface area contributed by atoms with Crippen molar-refractivity contribution in [2.24, 2.45) is 0 Å². The molecule has 0 radical (unpaired) electrons. The van der Waals surface area contributed by atoms with Gasteiger partial charge >= 0.3 is 57.5 Å². The van der Waals surface area contributed by atoms with E-state index in [9.17, 15) is 4.79 Å². The van der Waals surface area contributed by atoms with Crippen LogP contribution in [0.25, 0.3) is 0 Å². The second kappa shape index (κ2) is 6.94. The van der Waals surface area contributed by atoms with Crippen LogP contribution in [0.2, 0.25) is 0 Å². The van der Waals surface area contributed by atoms with Gasteiger partial charge in [-0.25, -0.2) is 4.79 Å². The van der Waals surface area contributed by atoms with E-state index in [0.29, 0.717) is 0 Å². The minimum absolute atomic E-state index is 0. The third-order valence-corrected chi connectivity index (χ3v) is 0.431. The van der Waals surface area contributed by atoms with Crippen LogP contribution >= 0.6 is 0 Å². The van der Waals surface area contributed by atoms with Crippen LogP contribution in [-0.4, -0.2) is 79.7 Å². The second-order valence-electron chi connectivity index (χ2n) is 0.988. The Bertz CT molecular complexity index is 85.9. The molecule has 5 nitrogen and oxygen atoms in total. The normalized spacial score (nSPS) is 7.44. The number of hydrogen-bond acceptors (Lipinski definition) is 4. The summed E-state index contributed by atoms with van der Waals surface area (Å²) in [6.45, 7) is 1.68. The molecule has 0 unspecified atom stereocenters. The first-order valence-electron chi connectivity index (χ1n) is 2.03. The van der Waals surface area contributed by atoms with E-state index < -0.39 is 11.3 Å². The molecule has 0 aromatic carbocycles. The van der Waals surface area contributed by atoms with E-state index in [0.717, 1.165) is 0 Å². The average molecular weight is 161 g/mol. The van der Waals surface area contributed by atoms with Crippen LogP contribution in [0.5, 0.6) is 0 Å². The van der Waals surface area contributed by atoms with Crippen molar-refractivity contribution in [1.82, 2.24) is 5.23 Å². The van der Waals surface area contributed by atoms with Crippen molar-refractivity contribution >= 4 is 57.5 Å². The molecular formula is C3H8KNO4. The molecule has 1 amide bonds. The van der Waals surface area contributed by atoms with Gasteiger partial charge in [-0.05, 0) is 6.92 Å². The molecule has 0 aromatic heterocycles. The number of hydrogen-bond donors (Lipinski definition) is 2. The summed E-state index contributed by atoms with van der Waals surface area (Å²) in [6, 6.07) is 0. The predicted octanol–water partition coefficient (Wildman–Crippen LogP) is -0.425. The number of nitrogens with zero attached hydrogens (tertiary/aromatic N) is 1. The Morgan fingerprint density at radius 3 is 2.22 bits per heavy atom. The molecule has 0 saturated carbocycles. The van der Waals surface area contributed by atoms with Gasteiger partial charge in [-0.15, -0.1) is 0 Å². The second-order valence-corrected chi connectivity index (χ2v) is 0.988. The van der Waals surface area contributed by atoms with Gasteiger partial charge in [0, 0.05) is 0 Å². The van der Waals surface area contributed by atoms with Gasteiger partial charge in [0.1, 0.15) is 0 Å². The number of carbonyl (C=O) groups excluding carboxylic acids is 1. The van der Waals surface area contributed by atoms with Crippen molar-refractivity contribution in [3.8, 4) is 0 Å². The van der Waals surface area contributed by atoms with Gasteiger partial charge in [0.15, 0.2) is 0 Å². The quantitative estimate of drug-likeness (QED) is 0.311. The first kappa shape index (κ1) is 12.5. The van der Waals surface area contributed by atoms with Crippen LogP contribution < -0.4 is 0 Å². The molecule has 2 N–H and O–H groups in total. The van der Waals surface area contributed by atoms with E-state index in [1.54, 1.807) is 6.92 Å². The number of carbonyl (C=O) groups is 1. The van der Waals surface area contributed by atoms with E-state index in [1.165, 1.54) is 0 Å². The molecule has 0 aromatic rings. The molecule has 0 bridgehead atoms. The van der Waals surface area contributed by atoms with Crippen molar-refractivity contribution < 1.29 is 19.9 Å². The Kier molecular flexibility index (Phi) is 9.64. The van der Waals surface area contributed by atoms with E-state index >= 15 is 0 Å². The van der Waals surface area contributed by atoms with Gasteiger partial charge in [-0.2, -0.15) is 0 Å². The van der Waals surface area contributed by atoms with E-state index in [4.69, 9.17) is 10.4 Å². The van der Waals surface area contributed by atoms with Gasteiger partial charge in [0.2, 0.25) is 0 Å². The van der Waals surface area contributed by atoms with Gasteiger partial charge in [-0.1, -0.05) is 5.23 Å². The Morgan fingerprint density at radius 1 is 1.67 bits per heavy atom. The number of hydroxylamine groups is 2. The monoisotopic (exact) mass is 161 g/mol. The van der Waals surface area contributed by atoms with Crippen LogP contribution in [0.4, 0.5) is 4.79 Å². The molecular weight excluding hydrogens is 153 g/mol. The first-order chi connectivity index (χ1) is 3.68. The maximum absolute atomic E-state index is 9.95. The number of amides is 1. The maximum atomic E-state index is 9.95.